The number of furan rings is 1. The van der Waals surface area contributed by atoms with E-state index in [-0.39, 0.29) is 28.7 Å². The number of methoxy groups -OCH3 is 1. The van der Waals surface area contributed by atoms with Gasteiger partial charge in [-0.05, 0) is 36.3 Å². The standard InChI is InChI=1S/C18H15F2N3O3S/c1-10(16(19)20)6-15-21-18(27-23-15)22-17(24)14-8-12(9-26-14)11-4-3-5-13(7-11)25-2/h3-5,7-9H,6H2,1-2H3,(H,21,22,23,24). The molecule has 0 saturated carbocycles. The molecule has 0 aliphatic carbocycles. The van der Waals surface area contributed by atoms with Crippen molar-refractivity contribution in [2.45, 2.75) is 13.3 Å². The average molecular weight is 391 g/mol. The highest BCUT2D eigenvalue weighted by molar-refractivity contribution is 7.09. The van der Waals surface area contributed by atoms with E-state index in [0.29, 0.717) is 5.75 Å². The van der Waals surface area contributed by atoms with E-state index in [9.17, 15) is 13.6 Å². The first-order valence-electron chi connectivity index (χ1n) is 7.84. The smallest absolute Gasteiger partial charge is 0.293 e. The molecule has 27 heavy (non-hydrogen) atoms. The average Bonchev–Trinajstić information content (AvgIpc) is 3.31. The molecule has 0 saturated heterocycles. The van der Waals surface area contributed by atoms with Crippen molar-refractivity contribution < 1.29 is 22.7 Å². The number of hydrogen-bond donors (Lipinski definition) is 1. The molecule has 1 amide bonds. The predicted molar refractivity (Wildman–Crippen MR) is 97.2 cm³/mol. The second-order valence-corrected chi connectivity index (χ2v) is 6.37. The van der Waals surface area contributed by atoms with Gasteiger partial charge >= 0.3 is 0 Å². The summed E-state index contributed by atoms with van der Waals surface area (Å²) in [6, 6.07) is 8.93. The zero-order valence-corrected chi connectivity index (χ0v) is 15.3. The van der Waals surface area contributed by atoms with Crippen LogP contribution in [0.25, 0.3) is 11.1 Å². The summed E-state index contributed by atoms with van der Waals surface area (Å²) < 4.78 is 39.4. The molecule has 0 unspecified atom stereocenters. The van der Waals surface area contributed by atoms with Crippen LogP contribution in [-0.2, 0) is 6.42 Å². The van der Waals surface area contributed by atoms with Crippen LogP contribution in [0.1, 0.15) is 23.3 Å². The molecule has 1 aromatic carbocycles. The number of nitrogens with one attached hydrogen (secondary N) is 1. The van der Waals surface area contributed by atoms with Gasteiger partial charge in [-0.1, -0.05) is 12.1 Å². The van der Waals surface area contributed by atoms with E-state index >= 15 is 0 Å². The highest BCUT2D eigenvalue weighted by atomic mass is 32.1. The first-order valence-corrected chi connectivity index (χ1v) is 8.61. The lowest BCUT2D eigenvalue weighted by molar-refractivity contribution is 0.0996. The third-order valence-electron chi connectivity index (χ3n) is 3.66. The molecule has 0 aliphatic heterocycles. The Hall–Kier alpha value is -3.07. The highest BCUT2D eigenvalue weighted by Gasteiger charge is 2.15. The van der Waals surface area contributed by atoms with Crippen LogP contribution in [0.15, 0.2) is 52.7 Å². The Labute approximate surface area is 157 Å². The Balaban J connectivity index is 1.70. The lowest BCUT2D eigenvalue weighted by atomic mass is 10.1. The molecular weight excluding hydrogens is 376 g/mol. The maximum absolute atomic E-state index is 12.5. The summed E-state index contributed by atoms with van der Waals surface area (Å²) in [5.74, 6) is 0.499. The van der Waals surface area contributed by atoms with Gasteiger partial charge in [0.25, 0.3) is 12.0 Å². The number of nitrogens with zero attached hydrogens (tertiary/aromatic N) is 2. The van der Waals surface area contributed by atoms with Crippen LogP contribution in [0.3, 0.4) is 0 Å². The maximum atomic E-state index is 12.5. The van der Waals surface area contributed by atoms with Crippen molar-refractivity contribution in [1.29, 1.82) is 0 Å². The first-order chi connectivity index (χ1) is 13.0. The van der Waals surface area contributed by atoms with Gasteiger partial charge in [0, 0.05) is 23.5 Å². The van der Waals surface area contributed by atoms with Crippen molar-refractivity contribution in [2.24, 2.45) is 0 Å². The van der Waals surface area contributed by atoms with E-state index in [2.05, 4.69) is 14.7 Å². The minimum atomic E-state index is -1.75. The molecule has 0 fully saturated rings. The maximum Gasteiger partial charge on any atom is 0.293 e. The van der Waals surface area contributed by atoms with Crippen LogP contribution < -0.4 is 10.1 Å². The molecule has 140 valence electrons. The molecule has 0 spiro atoms. The van der Waals surface area contributed by atoms with Gasteiger partial charge in [-0.2, -0.15) is 13.2 Å². The molecule has 3 aromatic rings. The van der Waals surface area contributed by atoms with Crippen molar-refractivity contribution >= 4 is 22.6 Å². The van der Waals surface area contributed by atoms with E-state index in [4.69, 9.17) is 9.15 Å². The number of anilines is 1. The largest absolute Gasteiger partial charge is 0.497 e. The van der Waals surface area contributed by atoms with E-state index in [1.807, 2.05) is 24.3 Å². The van der Waals surface area contributed by atoms with Crippen LogP contribution in [0, 0.1) is 0 Å². The molecule has 2 aromatic heterocycles. The van der Waals surface area contributed by atoms with Gasteiger partial charge in [0.2, 0.25) is 5.13 Å². The van der Waals surface area contributed by atoms with Gasteiger partial charge in [0.05, 0.1) is 13.4 Å². The number of ether oxygens (including phenoxy) is 1. The zero-order chi connectivity index (χ0) is 19.4. The van der Waals surface area contributed by atoms with E-state index < -0.39 is 12.0 Å². The minimum absolute atomic E-state index is 0.0740. The van der Waals surface area contributed by atoms with Crippen molar-refractivity contribution in [3.63, 3.8) is 0 Å². The number of carbonyl (C=O) groups excluding carboxylic acids is 1. The second-order valence-electron chi connectivity index (χ2n) is 5.62. The monoisotopic (exact) mass is 391 g/mol. The molecule has 0 atom stereocenters. The number of carbonyl (C=O) groups is 1. The third-order valence-corrected chi connectivity index (χ3v) is 4.33. The summed E-state index contributed by atoms with van der Waals surface area (Å²) in [4.78, 5) is 16.3. The summed E-state index contributed by atoms with van der Waals surface area (Å²) in [5.41, 5.74) is 1.45. The molecule has 0 radical (unpaired) electrons. The van der Waals surface area contributed by atoms with Crippen molar-refractivity contribution in [1.82, 2.24) is 9.36 Å². The quantitative estimate of drug-likeness (QED) is 0.655. The predicted octanol–water partition coefficient (Wildman–Crippen LogP) is 4.77. The van der Waals surface area contributed by atoms with Gasteiger partial charge in [-0.25, -0.2) is 4.98 Å². The fourth-order valence-corrected chi connectivity index (χ4v) is 2.83. The van der Waals surface area contributed by atoms with Gasteiger partial charge in [0.15, 0.2) is 5.76 Å². The van der Waals surface area contributed by atoms with Crippen LogP contribution in [0.5, 0.6) is 5.75 Å². The number of amides is 1. The number of allylic oxidation sites excluding steroid dienone is 1. The van der Waals surface area contributed by atoms with Gasteiger partial charge < -0.3 is 9.15 Å². The topological polar surface area (TPSA) is 77.2 Å². The van der Waals surface area contributed by atoms with Crippen molar-refractivity contribution in [3.05, 3.63) is 59.8 Å². The highest BCUT2D eigenvalue weighted by Crippen LogP contribution is 2.26. The Kier molecular flexibility index (Phi) is 5.60. The summed E-state index contributed by atoms with van der Waals surface area (Å²) in [6.07, 6.45) is -0.362. The van der Waals surface area contributed by atoms with Crippen LogP contribution in [0.4, 0.5) is 13.9 Å². The van der Waals surface area contributed by atoms with Gasteiger partial charge in [-0.3, -0.25) is 10.1 Å². The first kappa shape index (κ1) is 18.7. The van der Waals surface area contributed by atoms with E-state index in [1.54, 1.807) is 13.2 Å². The fraction of sp³-hybridized carbons (Fsp3) is 0.167. The number of benzene rings is 1. The fourth-order valence-electron chi connectivity index (χ4n) is 2.25. The number of hydrogen-bond acceptors (Lipinski definition) is 6. The molecule has 2 heterocycles. The summed E-state index contributed by atoms with van der Waals surface area (Å²) >= 11 is 0.916. The number of aromatic nitrogens is 2. The van der Waals surface area contributed by atoms with Crippen LogP contribution in [-0.4, -0.2) is 22.4 Å². The summed E-state index contributed by atoms with van der Waals surface area (Å²) in [6.45, 7) is 1.30. The zero-order valence-electron chi connectivity index (χ0n) is 14.5. The normalized spacial score (nSPS) is 10.5. The molecule has 0 bridgehead atoms. The lowest BCUT2D eigenvalue weighted by Crippen LogP contribution is -2.10. The Morgan fingerprint density at radius 2 is 2.11 bits per heavy atom. The Morgan fingerprint density at radius 3 is 2.85 bits per heavy atom. The molecule has 6 nitrogen and oxygen atoms in total. The molecule has 3 rings (SSSR count). The Bertz CT molecular complexity index is 993. The molecular formula is C18H15F2N3O3S. The summed E-state index contributed by atoms with van der Waals surface area (Å²) in [7, 11) is 1.57. The third kappa shape index (κ3) is 4.56. The number of rotatable bonds is 6. The molecule has 0 aliphatic rings. The Morgan fingerprint density at radius 1 is 1.30 bits per heavy atom. The van der Waals surface area contributed by atoms with Crippen molar-refractivity contribution in [3.8, 4) is 16.9 Å². The van der Waals surface area contributed by atoms with Crippen LogP contribution >= 0.6 is 11.5 Å². The van der Waals surface area contributed by atoms with Gasteiger partial charge in [0.1, 0.15) is 11.6 Å². The minimum Gasteiger partial charge on any atom is -0.497 e. The SMILES string of the molecule is COc1cccc(-c2coc(C(=O)Nc3nc(CC(C)=C(F)F)ns3)c2)c1. The van der Waals surface area contributed by atoms with Crippen LogP contribution in [0.2, 0.25) is 0 Å². The van der Waals surface area contributed by atoms with E-state index in [1.165, 1.54) is 13.2 Å². The summed E-state index contributed by atoms with van der Waals surface area (Å²) in [5, 5.41) is 2.76. The molecule has 1 N–H and O–H groups in total. The second kappa shape index (κ2) is 8.09. The van der Waals surface area contributed by atoms with Gasteiger partial charge in [-0.15, -0.1) is 0 Å². The van der Waals surface area contributed by atoms with Crippen molar-refractivity contribution in [2.75, 3.05) is 12.4 Å². The van der Waals surface area contributed by atoms with E-state index in [0.717, 1.165) is 22.7 Å². The lowest BCUT2D eigenvalue weighted by Gasteiger charge is -2.01. The number of halogens is 2. The molecule has 9 heteroatoms.